The highest BCUT2D eigenvalue weighted by atomic mass is 35.5. The summed E-state index contributed by atoms with van der Waals surface area (Å²) in [6, 6.07) is 7.60. The number of hydrogen-bond donors (Lipinski definition) is 2. The van der Waals surface area contributed by atoms with Crippen molar-refractivity contribution in [1.82, 2.24) is 5.32 Å². The molecule has 3 heteroatoms. The van der Waals surface area contributed by atoms with E-state index in [4.69, 9.17) is 11.6 Å². The standard InChI is InChI=1S/C11H10ClN2/c12-9-4-3-5-10(8-9)14-11-6-1-2-7-13-11/h1-8,13-14H. The Labute approximate surface area is 88.3 Å². The summed E-state index contributed by atoms with van der Waals surface area (Å²) in [5.74, 6) is 0. The van der Waals surface area contributed by atoms with Gasteiger partial charge in [0.25, 0.3) is 0 Å². The van der Waals surface area contributed by atoms with E-state index in [2.05, 4.69) is 10.6 Å². The van der Waals surface area contributed by atoms with Crippen LogP contribution in [0.25, 0.3) is 0 Å². The predicted octanol–water partition coefficient (Wildman–Crippen LogP) is 2.91. The Morgan fingerprint density at radius 1 is 1.21 bits per heavy atom. The van der Waals surface area contributed by atoms with Gasteiger partial charge in [-0.2, -0.15) is 0 Å². The molecule has 1 radical (unpaired) electrons. The number of rotatable bonds is 2. The maximum atomic E-state index is 5.86. The smallest absolute Gasteiger partial charge is 0.174 e. The Hall–Kier alpha value is -1.41. The minimum atomic E-state index is 0.728. The monoisotopic (exact) mass is 205 g/mol. The molecule has 71 valence electrons. The van der Waals surface area contributed by atoms with Crippen LogP contribution in [0.4, 0.5) is 5.69 Å². The second-order valence-corrected chi connectivity index (χ2v) is 3.35. The molecule has 1 aliphatic rings. The van der Waals surface area contributed by atoms with Crippen molar-refractivity contribution in [3.05, 3.63) is 59.9 Å². The lowest BCUT2D eigenvalue weighted by atomic mass is 10.3. The van der Waals surface area contributed by atoms with Crippen molar-refractivity contribution in [2.24, 2.45) is 0 Å². The average molecular weight is 206 g/mol. The first-order valence-corrected chi connectivity index (χ1v) is 4.72. The topological polar surface area (TPSA) is 24.1 Å². The Morgan fingerprint density at radius 3 is 2.86 bits per heavy atom. The fraction of sp³-hybridized carbons (Fsp3) is 0. The van der Waals surface area contributed by atoms with E-state index in [0.29, 0.717) is 0 Å². The van der Waals surface area contributed by atoms with Gasteiger partial charge in [0.1, 0.15) is 0 Å². The highest BCUT2D eigenvalue weighted by molar-refractivity contribution is 6.30. The molecule has 0 unspecified atom stereocenters. The van der Waals surface area contributed by atoms with Crippen LogP contribution in [-0.4, -0.2) is 0 Å². The zero-order chi connectivity index (χ0) is 9.80. The van der Waals surface area contributed by atoms with E-state index in [0.717, 1.165) is 16.9 Å². The largest absolute Gasteiger partial charge is 0.362 e. The second kappa shape index (κ2) is 4.20. The summed E-state index contributed by atoms with van der Waals surface area (Å²) >= 11 is 5.86. The molecule has 0 amide bonds. The normalized spacial score (nSPS) is 15.2. The molecular weight excluding hydrogens is 196 g/mol. The van der Waals surface area contributed by atoms with Gasteiger partial charge in [0, 0.05) is 10.7 Å². The molecule has 0 atom stereocenters. The van der Waals surface area contributed by atoms with Gasteiger partial charge in [0.05, 0.1) is 0 Å². The molecule has 1 aromatic rings. The maximum Gasteiger partial charge on any atom is 0.174 e. The van der Waals surface area contributed by atoms with Crippen molar-refractivity contribution in [3.63, 3.8) is 0 Å². The van der Waals surface area contributed by atoms with Crippen LogP contribution in [0.2, 0.25) is 5.02 Å². The molecule has 0 spiro atoms. The van der Waals surface area contributed by atoms with Crippen molar-refractivity contribution in [1.29, 1.82) is 0 Å². The zero-order valence-corrected chi connectivity index (χ0v) is 8.25. The van der Waals surface area contributed by atoms with Crippen molar-refractivity contribution < 1.29 is 0 Å². The van der Waals surface area contributed by atoms with Crippen LogP contribution in [0.3, 0.4) is 0 Å². The molecule has 0 aliphatic carbocycles. The molecular formula is C11H10ClN2. The SMILES string of the molecule is Clc1cccc(N[C]2C=CC=CN2)c1. The Kier molecular flexibility index (Phi) is 2.75. The number of dihydropyridines is 1. The van der Waals surface area contributed by atoms with E-state index < -0.39 is 0 Å². The minimum absolute atomic E-state index is 0.728. The highest BCUT2D eigenvalue weighted by Gasteiger charge is 2.04. The molecule has 1 heterocycles. The number of anilines is 1. The number of nitrogens with one attached hydrogen (secondary N) is 2. The van der Waals surface area contributed by atoms with Crippen molar-refractivity contribution in [2.45, 2.75) is 0 Å². The highest BCUT2D eigenvalue weighted by Crippen LogP contribution is 2.17. The van der Waals surface area contributed by atoms with E-state index in [9.17, 15) is 0 Å². The molecule has 1 aliphatic heterocycles. The van der Waals surface area contributed by atoms with E-state index in [1.807, 2.05) is 48.7 Å². The summed E-state index contributed by atoms with van der Waals surface area (Å²) in [4.78, 5) is 0. The fourth-order valence-corrected chi connectivity index (χ4v) is 1.38. The van der Waals surface area contributed by atoms with Crippen molar-refractivity contribution in [3.8, 4) is 0 Å². The van der Waals surface area contributed by atoms with Gasteiger partial charge in [0.15, 0.2) is 6.17 Å². The summed E-state index contributed by atoms with van der Waals surface area (Å²) in [7, 11) is 0. The molecule has 14 heavy (non-hydrogen) atoms. The second-order valence-electron chi connectivity index (χ2n) is 2.91. The lowest BCUT2D eigenvalue weighted by molar-refractivity contribution is 0.938. The van der Waals surface area contributed by atoms with Crippen LogP contribution in [0.1, 0.15) is 0 Å². The molecule has 2 nitrogen and oxygen atoms in total. The summed E-state index contributed by atoms with van der Waals surface area (Å²) < 4.78 is 0. The van der Waals surface area contributed by atoms with E-state index >= 15 is 0 Å². The first kappa shape index (κ1) is 9.16. The van der Waals surface area contributed by atoms with Crippen molar-refractivity contribution in [2.75, 3.05) is 5.32 Å². The van der Waals surface area contributed by atoms with Crippen LogP contribution >= 0.6 is 11.6 Å². The Balaban J connectivity index is 2.04. The summed E-state index contributed by atoms with van der Waals surface area (Å²) in [5.41, 5.74) is 0.972. The van der Waals surface area contributed by atoms with Gasteiger partial charge in [-0.1, -0.05) is 23.7 Å². The zero-order valence-electron chi connectivity index (χ0n) is 7.50. The summed E-state index contributed by atoms with van der Waals surface area (Å²) in [5, 5.41) is 7.01. The molecule has 0 saturated heterocycles. The average Bonchev–Trinajstić information content (AvgIpc) is 2.19. The van der Waals surface area contributed by atoms with Crippen LogP contribution < -0.4 is 10.6 Å². The summed E-state index contributed by atoms with van der Waals surface area (Å²) in [6.07, 6.45) is 8.66. The van der Waals surface area contributed by atoms with Gasteiger partial charge in [-0.15, -0.1) is 0 Å². The number of benzene rings is 1. The van der Waals surface area contributed by atoms with Gasteiger partial charge in [-0.3, -0.25) is 0 Å². The Morgan fingerprint density at radius 2 is 2.14 bits per heavy atom. The molecule has 0 fully saturated rings. The van der Waals surface area contributed by atoms with Gasteiger partial charge in [0.2, 0.25) is 0 Å². The Bertz CT molecular complexity index is 371. The third kappa shape index (κ3) is 2.30. The van der Waals surface area contributed by atoms with Gasteiger partial charge in [-0.25, -0.2) is 0 Å². The van der Waals surface area contributed by atoms with Crippen molar-refractivity contribution >= 4 is 17.3 Å². The fourth-order valence-electron chi connectivity index (χ4n) is 1.19. The number of hydrogen-bond acceptors (Lipinski definition) is 2. The van der Waals surface area contributed by atoms with Gasteiger partial charge < -0.3 is 10.6 Å². The quantitative estimate of drug-likeness (QED) is 0.776. The molecule has 2 N–H and O–H groups in total. The van der Waals surface area contributed by atoms with E-state index in [-0.39, 0.29) is 0 Å². The van der Waals surface area contributed by atoms with Gasteiger partial charge >= 0.3 is 0 Å². The summed E-state index contributed by atoms with van der Waals surface area (Å²) in [6.45, 7) is 0. The minimum Gasteiger partial charge on any atom is -0.362 e. The van der Waals surface area contributed by atoms with Crippen LogP contribution in [0, 0.1) is 6.17 Å². The van der Waals surface area contributed by atoms with E-state index in [1.54, 1.807) is 0 Å². The first-order chi connectivity index (χ1) is 6.84. The number of allylic oxidation sites excluding steroid dienone is 2. The van der Waals surface area contributed by atoms with Gasteiger partial charge in [-0.05, 0) is 36.6 Å². The third-order valence-electron chi connectivity index (χ3n) is 1.81. The van der Waals surface area contributed by atoms with Crippen LogP contribution in [-0.2, 0) is 0 Å². The molecule has 0 aromatic heterocycles. The lowest BCUT2D eigenvalue weighted by Crippen LogP contribution is -2.22. The first-order valence-electron chi connectivity index (χ1n) is 4.34. The maximum absolute atomic E-state index is 5.86. The van der Waals surface area contributed by atoms with E-state index in [1.165, 1.54) is 0 Å². The molecule has 0 bridgehead atoms. The molecule has 0 saturated carbocycles. The number of halogens is 1. The molecule has 1 aromatic carbocycles. The lowest BCUT2D eigenvalue weighted by Gasteiger charge is -2.16. The third-order valence-corrected chi connectivity index (χ3v) is 2.05. The van der Waals surface area contributed by atoms with Crippen LogP contribution in [0.5, 0.6) is 0 Å². The van der Waals surface area contributed by atoms with Crippen LogP contribution in [0.15, 0.2) is 48.7 Å². The molecule has 2 rings (SSSR count). The predicted molar refractivity (Wildman–Crippen MR) is 59.7 cm³/mol.